The summed E-state index contributed by atoms with van der Waals surface area (Å²) in [6.45, 7) is 3.86. The first-order valence-corrected chi connectivity index (χ1v) is 5.33. The van der Waals surface area contributed by atoms with E-state index in [1.54, 1.807) is 6.26 Å². The van der Waals surface area contributed by atoms with Crippen molar-refractivity contribution in [2.45, 2.75) is 32.7 Å². The van der Waals surface area contributed by atoms with E-state index in [1.807, 2.05) is 26.0 Å². The Morgan fingerprint density at radius 3 is 2.81 bits per heavy atom. The molecule has 1 aromatic rings. The summed E-state index contributed by atoms with van der Waals surface area (Å²) < 4.78 is 9.98. The summed E-state index contributed by atoms with van der Waals surface area (Å²) in [6.07, 6.45) is 2.55. The van der Waals surface area contributed by atoms with Crippen molar-refractivity contribution < 1.29 is 13.9 Å². The smallest absolute Gasteiger partial charge is 0.306 e. The Kier molecular flexibility index (Phi) is 4.12. The van der Waals surface area contributed by atoms with E-state index in [1.165, 1.54) is 7.11 Å². The summed E-state index contributed by atoms with van der Waals surface area (Å²) >= 11 is 0. The molecule has 16 heavy (non-hydrogen) atoms. The number of hydrogen-bond donors (Lipinski definition) is 1. The number of rotatable bonds is 5. The minimum absolute atomic E-state index is 0.114. The van der Waals surface area contributed by atoms with Gasteiger partial charge in [0.25, 0.3) is 0 Å². The third-order valence-electron chi connectivity index (χ3n) is 3.03. The lowest BCUT2D eigenvalue weighted by Gasteiger charge is -2.31. The molecule has 90 valence electrons. The van der Waals surface area contributed by atoms with Gasteiger partial charge >= 0.3 is 5.97 Å². The Bertz CT molecular complexity index is 332. The highest BCUT2D eigenvalue weighted by Gasteiger charge is 2.33. The van der Waals surface area contributed by atoms with Crippen molar-refractivity contribution in [3.63, 3.8) is 0 Å². The van der Waals surface area contributed by atoms with Gasteiger partial charge in [0.15, 0.2) is 0 Å². The molecule has 0 aliphatic rings. The van der Waals surface area contributed by atoms with Gasteiger partial charge in [0.05, 0.1) is 19.8 Å². The zero-order valence-electron chi connectivity index (χ0n) is 10.0. The van der Waals surface area contributed by atoms with Gasteiger partial charge in [0.1, 0.15) is 5.76 Å². The van der Waals surface area contributed by atoms with E-state index in [0.717, 1.165) is 5.76 Å². The summed E-state index contributed by atoms with van der Waals surface area (Å²) in [5, 5.41) is 0. The largest absolute Gasteiger partial charge is 0.469 e. The lowest BCUT2D eigenvalue weighted by Crippen LogP contribution is -2.40. The fourth-order valence-corrected chi connectivity index (χ4v) is 1.60. The van der Waals surface area contributed by atoms with Gasteiger partial charge in [-0.2, -0.15) is 0 Å². The Labute approximate surface area is 95.8 Å². The molecule has 0 amide bonds. The van der Waals surface area contributed by atoms with Gasteiger partial charge in [-0.25, -0.2) is 0 Å². The van der Waals surface area contributed by atoms with Gasteiger partial charge in [0.2, 0.25) is 0 Å². The Hall–Kier alpha value is -1.29. The van der Waals surface area contributed by atoms with Gasteiger partial charge in [-0.1, -0.05) is 6.92 Å². The van der Waals surface area contributed by atoms with Crippen molar-refractivity contribution in [1.29, 1.82) is 0 Å². The molecular weight excluding hydrogens is 206 g/mol. The van der Waals surface area contributed by atoms with Crippen LogP contribution in [-0.2, 0) is 16.0 Å². The van der Waals surface area contributed by atoms with E-state index in [2.05, 4.69) is 0 Å². The average Bonchev–Trinajstić information content (AvgIpc) is 2.69. The van der Waals surface area contributed by atoms with Crippen molar-refractivity contribution in [3.8, 4) is 0 Å². The quantitative estimate of drug-likeness (QED) is 0.775. The second-order valence-corrected chi connectivity index (χ2v) is 4.45. The number of carbonyl (C=O) groups is 1. The summed E-state index contributed by atoms with van der Waals surface area (Å²) in [4.78, 5) is 11.4. The molecule has 0 aliphatic heterocycles. The minimum Gasteiger partial charge on any atom is -0.469 e. The highest BCUT2D eigenvalue weighted by Crippen LogP contribution is 2.30. The summed E-state index contributed by atoms with van der Waals surface area (Å²) in [5.74, 6) is 0.593. The molecule has 0 aromatic carbocycles. The number of esters is 1. The van der Waals surface area contributed by atoms with Gasteiger partial charge < -0.3 is 14.9 Å². The third-order valence-corrected chi connectivity index (χ3v) is 3.03. The van der Waals surface area contributed by atoms with Crippen molar-refractivity contribution in [2.75, 3.05) is 7.11 Å². The average molecular weight is 225 g/mol. The number of hydrogen-bond acceptors (Lipinski definition) is 4. The molecule has 0 aliphatic carbocycles. The van der Waals surface area contributed by atoms with E-state index in [-0.39, 0.29) is 17.4 Å². The van der Waals surface area contributed by atoms with E-state index in [9.17, 15) is 4.79 Å². The predicted molar refractivity (Wildman–Crippen MR) is 60.8 cm³/mol. The van der Waals surface area contributed by atoms with Crippen molar-refractivity contribution in [2.24, 2.45) is 11.1 Å². The SMILES string of the molecule is COC(=O)CC(C)(Cc1ccco1)C(C)N. The fourth-order valence-electron chi connectivity index (χ4n) is 1.60. The van der Waals surface area contributed by atoms with E-state index in [4.69, 9.17) is 14.9 Å². The molecule has 0 saturated heterocycles. The predicted octanol–water partition coefficient (Wildman–Crippen LogP) is 1.74. The van der Waals surface area contributed by atoms with Crippen molar-refractivity contribution in [1.82, 2.24) is 0 Å². The first kappa shape index (κ1) is 12.8. The Morgan fingerprint density at radius 2 is 2.38 bits per heavy atom. The number of furan rings is 1. The Morgan fingerprint density at radius 1 is 1.69 bits per heavy atom. The molecule has 0 spiro atoms. The molecule has 4 heteroatoms. The van der Waals surface area contributed by atoms with Crippen LogP contribution in [0.2, 0.25) is 0 Å². The van der Waals surface area contributed by atoms with Crippen LogP contribution in [0.25, 0.3) is 0 Å². The monoisotopic (exact) mass is 225 g/mol. The molecule has 2 N–H and O–H groups in total. The van der Waals surface area contributed by atoms with Gasteiger partial charge in [0, 0.05) is 12.5 Å². The molecule has 1 rings (SSSR count). The lowest BCUT2D eigenvalue weighted by molar-refractivity contribution is -0.143. The van der Waals surface area contributed by atoms with Crippen LogP contribution in [0.5, 0.6) is 0 Å². The van der Waals surface area contributed by atoms with Crippen LogP contribution < -0.4 is 5.73 Å². The highest BCUT2D eigenvalue weighted by atomic mass is 16.5. The second kappa shape index (κ2) is 5.16. The first-order valence-electron chi connectivity index (χ1n) is 5.33. The number of carbonyl (C=O) groups excluding carboxylic acids is 1. The van der Waals surface area contributed by atoms with Gasteiger partial charge in [-0.15, -0.1) is 0 Å². The maximum Gasteiger partial charge on any atom is 0.306 e. The van der Waals surface area contributed by atoms with E-state index >= 15 is 0 Å². The van der Waals surface area contributed by atoms with E-state index < -0.39 is 0 Å². The zero-order valence-corrected chi connectivity index (χ0v) is 10.0. The molecule has 1 heterocycles. The van der Waals surface area contributed by atoms with Gasteiger partial charge in [-0.05, 0) is 24.5 Å². The highest BCUT2D eigenvalue weighted by molar-refractivity contribution is 5.70. The Balaban J connectivity index is 2.76. The minimum atomic E-state index is -0.342. The lowest BCUT2D eigenvalue weighted by atomic mass is 9.77. The van der Waals surface area contributed by atoms with E-state index in [0.29, 0.717) is 12.8 Å². The molecule has 0 fully saturated rings. The maximum absolute atomic E-state index is 11.4. The fraction of sp³-hybridized carbons (Fsp3) is 0.583. The topological polar surface area (TPSA) is 65.5 Å². The molecule has 0 saturated carbocycles. The third kappa shape index (κ3) is 3.10. The summed E-state index contributed by atoms with van der Waals surface area (Å²) in [5.41, 5.74) is 5.60. The van der Waals surface area contributed by atoms with Crippen LogP contribution in [0, 0.1) is 5.41 Å². The van der Waals surface area contributed by atoms with Crippen LogP contribution in [0.1, 0.15) is 26.0 Å². The normalized spacial score (nSPS) is 16.5. The first-order chi connectivity index (χ1) is 7.48. The molecule has 1 aromatic heterocycles. The molecule has 4 nitrogen and oxygen atoms in total. The van der Waals surface area contributed by atoms with Gasteiger partial charge in [-0.3, -0.25) is 4.79 Å². The zero-order chi connectivity index (χ0) is 12.2. The standard InChI is InChI=1S/C12H19NO3/c1-9(13)12(2,8-11(14)15-3)7-10-5-4-6-16-10/h4-6,9H,7-8,13H2,1-3H3. The van der Waals surface area contributed by atoms with Crippen molar-refractivity contribution in [3.05, 3.63) is 24.2 Å². The molecular formula is C12H19NO3. The molecule has 2 atom stereocenters. The maximum atomic E-state index is 11.4. The van der Waals surface area contributed by atoms with Crippen LogP contribution in [0.4, 0.5) is 0 Å². The molecule has 0 bridgehead atoms. The molecule has 0 radical (unpaired) electrons. The summed E-state index contributed by atoms with van der Waals surface area (Å²) in [6, 6.07) is 3.60. The van der Waals surface area contributed by atoms with Crippen LogP contribution in [-0.4, -0.2) is 19.1 Å². The number of methoxy groups -OCH3 is 1. The van der Waals surface area contributed by atoms with Crippen LogP contribution in [0.15, 0.2) is 22.8 Å². The molecule has 2 unspecified atom stereocenters. The summed E-state index contributed by atoms with van der Waals surface area (Å²) in [7, 11) is 1.39. The van der Waals surface area contributed by atoms with Crippen molar-refractivity contribution >= 4 is 5.97 Å². The number of nitrogens with two attached hydrogens (primary N) is 1. The van der Waals surface area contributed by atoms with Crippen LogP contribution in [0.3, 0.4) is 0 Å². The van der Waals surface area contributed by atoms with Crippen LogP contribution >= 0.6 is 0 Å². The second-order valence-electron chi connectivity index (χ2n) is 4.45. The number of ether oxygens (including phenoxy) is 1.